The fraction of sp³-hybridized carbons (Fsp3) is 0.636. The van der Waals surface area contributed by atoms with Crippen LogP contribution in [0.4, 0.5) is 0 Å². The molecule has 0 radical (unpaired) electrons. The fourth-order valence-corrected chi connectivity index (χ4v) is 4.97. The molecule has 1 heterocycles. The molecule has 3 nitrogen and oxygen atoms in total. The summed E-state index contributed by atoms with van der Waals surface area (Å²) in [5.41, 5.74) is 7.35. The van der Waals surface area contributed by atoms with Crippen LogP contribution >= 0.6 is 0 Å². The molecule has 4 atom stereocenters. The lowest BCUT2D eigenvalue weighted by Crippen LogP contribution is -2.12. The van der Waals surface area contributed by atoms with Gasteiger partial charge in [0.15, 0.2) is 0 Å². The van der Waals surface area contributed by atoms with Gasteiger partial charge in [0.05, 0.1) is 6.61 Å². The number of benzene rings is 2. The van der Waals surface area contributed by atoms with Gasteiger partial charge in [0.25, 0.3) is 0 Å². The second-order valence-electron chi connectivity index (χ2n) is 11.0. The van der Waals surface area contributed by atoms with Crippen LogP contribution in [0.15, 0.2) is 24.3 Å². The van der Waals surface area contributed by atoms with Gasteiger partial charge in [0, 0.05) is 17.0 Å². The number of rotatable bonds is 15. The molecule has 0 spiro atoms. The van der Waals surface area contributed by atoms with Crippen molar-refractivity contribution in [3.63, 3.8) is 0 Å². The summed E-state index contributed by atoms with van der Waals surface area (Å²) in [5.74, 6) is 2.47. The zero-order chi connectivity index (χ0) is 26.2. The van der Waals surface area contributed by atoms with Crippen LogP contribution in [0.5, 0.6) is 11.5 Å². The fourth-order valence-electron chi connectivity index (χ4n) is 4.97. The zero-order valence-electron chi connectivity index (χ0n) is 24.0. The summed E-state index contributed by atoms with van der Waals surface area (Å²) in [5, 5.41) is 11.5. The third-order valence-electron chi connectivity index (χ3n) is 8.17. The van der Waals surface area contributed by atoms with Crippen LogP contribution < -0.4 is 4.74 Å². The number of epoxide rings is 1. The molecule has 200 valence electrons. The van der Waals surface area contributed by atoms with E-state index in [9.17, 15) is 5.11 Å². The Kier molecular flexibility index (Phi) is 10.7. The monoisotopic (exact) mass is 494 g/mol. The summed E-state index contributed by atoms with van der Waals surface area (Å²) >= 11 is 0. The number of aromatic hydroxyl groups is 1. The van der Waals surface area contributed by atoms with Gasteiger partial charge >= 0.3 is 0 Å². The molecule has 1 aliphatic heterocycles. The molecule has 3 heteroatoms. The number of aryl methyl sites for hydroxylation is 2. The predicted molar refractivity (Wildman–Crippen MR) is 152 cm³/mol. The van der Waals surface area contributed by atoms with Gasteiger partial charge in [-0.3, -0.25) is 0 Å². The highest BCUT2D eigenvalue weighted by atomic mass is 16.6. The molecule has 2 aromatic carbocycles. The highest BCUT2D eigenvalue weighted by molar-refractivity contribution is 5.55. The maximum atomic E-state index is 11.5. The number of phenolic OH excluding ortho intramolecular Hbond substituents is 1. The van der Waals surface area contributed by atoms with Crippen molar-refractivity contribution in [1.29, 1.82) is 0 Å². The Labute approximate surface area is 220 Å². The van der Waals surface area contributed by atoms with Gasteiger partial charge in [0.2, 0.25) is 0 Å². The maximum Gasteiger partial charge on any atom is 0.126 e. The SMILES string of the molecule is CCCCc1cc(C(C)CC)cc(C(C)c2cc(C(C)CC)cc(CCCC)c2OCC2CO2)c1O. The normalized spacial score (nSPS) is 17.6. The molecule has 0 aromatic heterocycles. The van der Waals surface area contributed by atoms with Crippen molar-refractivity contribution in [2.45, 2.75) is 124 Å². The topological polar surface area (TPSA) is 42.0 Å². The van der Waals surface area contributed by atoms with Crippen LogP contribution in [-0.2, 0) is 17.6 Å². The second kappa shape index (κ2) is 13.5. The van der Waals surface area contributed by atoms with Crippen LogP contribution in [0, 0.1) is 0 Å². The van der Waals surface area contributed by atoms with Gasteiger partial charge < -0.3 is 14.6 Å². The highest BCUT2D eigenvalue weighted by Crippen LogP contribution is 2.43. The van der Waals surface area contributed by atoms with Crippen LogP contribution in [0.2, 0.25) is 0 Å². The first-order chi connectivity index (χ1) is 17.3. The minimum atomic E-state index is 0.0360. The van der Waals surface area contributed by atoms with E-state index in [0.717, 1.165) is 74.8 Å². The lowest BCUT2D eigenvalue weighted by molar-refractivity contribution is 0.258. The molecule has 0 bridgehead atoms. The van der Waals surface area contributed by atoms with E-state index in [-0.39, 0.29) is 12.0 Å². The van der Waals surface area contributed by atoms with Crippen molar-refractivity contribution in [3.05, 3.63) is 57.6 Å². The van der Waals surface area contributed by atoms with Crippen molar-refractivity contribution in [2.24, 2.45) is 0 Å². The van der Waals surface area contributed by atoms with Crippen molar-refractivity contribution in [1.82, 2.24) is 0 Å². The van der Waals surface area contributed by atoms with E-state index in [1.165, 1.54) is 22.3 Å². The van der Waals surface area contributed by atoms with E-state index in [0.29, 0.717) is 24.2 Å². The molecular formula is C33H50O3. The number of hydrogen-bond donors (Lipinski definition) is 1. The average molecular weight is 495 g/mol. The first kappa shape index (κ1) is 28.6. The predicted octanol–water partition coefficient (Wildman–Crippen LogP) is 9.03. The van der Waals surface area contributed by atoms with E-state index in [4.69, 9.17) is 9.47 Å². The van der Waals surface area contributed by atoms with Gasteiger partial charge in [-0.15, -0.1) is 0 Å². The standard InChI is InChI=1S/C33H50O3/c1-8-12-14-25-16-27(22(5)10-3)18-30(32(25)34)24(7)31-19-28(23(6)11-4)17-26(15-13-9-2)33(31)36-21-29-20-35-29/h16-19,22-24,29,34H,8-15,20-21H2,1-7H3. The average Bonchev–Trinajstić information content (AvgIpc) is 3.73. The smallest absolute Gasteiger partial charge is 0.126 e. The van der Waals surface area contributed by atoms with Crippen LogP contribution in [0.1, 0.15) is 138 Å². The van der Waals surface area contributed by atoms with Crippen molar-refractivity contribution >= 4 is 0 Å². The van der Waals surface area contributed by atoms with E-state index < -0.39 is 0 Å². The minimum Gasteiger partial charge on any atom is -0.507 e. The van der Waals surface area contributed by atoms with Gasteiger partial charge in [-0.25, -0.2) is 0 Å². The molecule has 1 fully saturated rings. The summed E-state index contributed by atoms with van der Waals surface area (Å²) in [6.45, 7) is 17.2. The third kappa shape index (κ3) is 7.06. The summed E-state index contributed by atoms with van der Waals surface area (Å²) < 4.78 is 12.0. The van der Waals surface area contributed by atoms with Gasteiger partial charge in [0.1, 0.15) is 24.2 Å². The first-order valence-electron chi connectivity index (χ1n) is 14.6. The summed E-state index contributed by atoms with van der Waals surface area (Å²) in [4.78, 5) is 0. The molecule has 2 aromatic rings. The largest absolute Gasteiger partial charge is 0.507 e. The Morgan fingerprint density at radius 3 is 1.89 bits per heavy atom. The Morgan fingerprint density at radius 1 is 0.833 bits per heavy atom. The summed E-state index contributed by atoms with van der Waals surface area (Å²) in [6, 6.07) is 9.25. The number of unbranched alkanes of at least 4 members (excludes halogenated alkanes) is 2. The third-order valence-corrected chi connectivity index (χ3v) is 8.17. The molecule has 36 heavy (non-hydrogen) atoms. The maximum absolute atomic E-state index is 11.5. The molecule has 3 rings (SSSR count). The molecule has 1 N–H and O–H groups in total. The molecule has 1 aliphatic rings. The van der Waals surface area contributed by atoms with E-state index in [1.807, 2.05) is 0 Å². The lowest BCUT2D eigenvalue weighted by atomic mass is 9.82. The van der Waals surface area contributed by atoms with Crippen LogP contribution in [0.3, 0.4) is 0 Å². The summed E-state index contributed by atoms with van der Waals surface area (Å²) in [6.07, 6.45) is 8.85. The Bertz CT molecular complexity index is 975. The van der Waals surface area contributed by atoms with Crippen molar-refractivity contribution < 1.29 is 14.6 Å². The Balaban J connectivity index is 2.16. The highest BCUT2D eigenvalue weighted by Gasteiger charge is 2.27. The first-order valence-corrected chi connectivity index (χ1v) is 14.6. The van der Waals surface area contributed by atoms with E-state index >= 15 is 0 Å². The van der Waals surface area contributed by atoms with Gasteiger partial charge in [-0.2, -0.15) is 0 Å². The number of phenols is 1. The Morgan fingerprint density at radius 2 is 1.36 bits per heavy atom. The molecule has 1 saturated heterocycles. The van der Waals surface area contributed by atoms with Crippen molar-refractivity contribution in [3.8, 4) is 11.5 Å². The molecule has 0 amide bonds. The molecule has 4 unspecified atom stereocenters. The number of ether oxygens (including phenoxy) is 2. The van der Waals surface area contributed by atoms with E-state index in [2.05, 4.69) is 72.7 Å². The van der Waals surface area contributed by atoms with Crippen molar-refractivity contribution in [2.75, 3.05) is 13.2 Å². The van der Waals surface area contributed by atoms with Crippen LogP contribution in [-0.4, -0.2) is 24.4 Å². The zero-order valence-corrected chi connectivity index (χ0v) is 24.0. The van der Waals surface area contributed by atoms with E-state index in [1.54, 1.807) is 0 Å². The second-order valence-corrected chi connectivity index (χ2v) is 11.0. The van der Waals surface area contributed by atoms with Gasteiger partial charge in [-0.1, -0.05) is 85.6 Å². The number of hydrogen-bond acceptors (Lipinski definition) is 3. The molecular weight excluding hydrogens is 444 g/mol. The summed E-state index contributed by atoms with van der Waals surface area (Å²) in [7, 11) is 0. The quantitative estimate of drug-likeness (QED) is 0.251. The Hall–Kier alpha value is -2.00. The molecule has 0 aliphatic carbocycles. The van der Waals surface area contributed by atoms with Crippen LogP contribution in [0.25, 0.3) is 0 Å². The lowest BCUT2D eigenvalue weighted by Gasteiger charge is -2.25. The molecule has 0 saturated carbocycles. The minimum absolute atomic E-state index is 0.0360. The van der Waals surface area contributed by atoms with Gasteiger partial charge in [-0.05, 0) is 72.6 Å².